The molecule has 0 aliphatic carbocycles. The maximum Gasteiger partial charge on any atom is 0.258 e. The van der Waals surface area contributed by atoms with E-state index in [9.17, 15) is 19.5 Å². The molecule has 0 saturated carbocycles. The van der Waals surface area contributed by atoms with Gasteiger partial charge in [0.15, 0.2) is 19.0 Å². The van der Waals surface area contributed by atoms with Crippen LogP contribution in [-0.2, 0) is 27.2 Å². The van der Waals surface area contributed by atoms with Gasteiger partial charge in [0.25, 0.3) is 11.8 Å². The second-order valence-corrected chi connectivity index (χ2v) is 14.9. The molecule has 4 atom stereocenters. The predicted octanol–water partition coefficient (Wildman–Crippen LogP) is 7.74. The number of carbonyl (C=O) groups excluding carboxylic acids is 3. The van der Waals surface area contributed by atoms with Crippen molar-refractivity contribution in [1.29, 1.82) is 0 Å². The van der Waals surface area contributed by atoms with Gasteiger partial charge in [0.05, 0.1) is 12.1 Å². The van der Waals surface area contributed by atoms with Crippen molar-refractivity contribution in [1.82, 2.24) is 10.6 Å². The van der Waals surface area contributed by atoms with Crippen LogP contribution >= 0.6 is 0 Å². The Kier molecular flexibility index (Phi) is 15.0. The molecule has 3 N–H and O–H groups in total. The summed E-state index contributed by atoms with van der Waals surface area (Å²) in [4.78, 5) is 40.7. The number of amides is 2. The van der Waals surface area contributed by atoms with Crippen LogP contribution in [0.5, 0.6) is 11.5 Å². The highest BCUT2D eigenvalue weighted by molar-refractivity contribution is 5.90. The fourth-order valence-electron chi connectivity index (χ4n) is 7.06. The maximum atomic E-state index is 14.1. The summed E-state index contributed by atoms with van der Waals surface area (Å²) < 4.78 is 11.8. The number of rotatable bonds is 20. The van der Waals surface area contributed by atoms with E-state index in [2.05, 4.69) is 10.6 Å². The minimum absolute atomic E-state index is 0.0426. The van der Waals surface area contributed by atoms with Crippen LogP contribution in [0.3, 0.4) is 0 Å². The van der Waals surface area contributed by atoms with Crippen LogP contribution in [0.1, 0.15) is 55.4 Å². The summed E-state index contributed by atoms with van der Waals surface area (Å²) >= 11 is 0. The molecule has 0 unspecified atom stereocenters. The number of nitrogens with one attached hydrogen (secondary N) is 2. The number of fused-ring (bicyclic) bond motifs is 1. The monoisotopic (exact) mass is 742 g/mol. The summed E-state index contributed by atoms with van der Waals surface area (Å²) in [5.41, 5.74) is 3.89. The van der Waals surface area contributed by atoms with Crippen molar-refractivity contribution in [2.45, 2.75) is 78.0 Å². The molecule has 0 aliphatic heterocycles. The number of aliphatic hydroxyl groups is 1. The van der Waals surface area contributed by atoms with Gasteiger partial charge >= 0.3 is 0 Å². The second kappa shape index (κ2) is 20.3. The van der Waals surface area contributed by atoms with Gasteiger partial charge in [-0.2, -0.15) is 0 Å². The lowest BCUT2D eigenvalue weighted by molar-refractivity contribution is -0.130. The van der Waals surface area contributed by atoms with Crippen molar-refractivity contribution < 1.29 is 29.0 Å². The number of ether oxygens (including phenoxy) is 2. The largest absolute Gasteiger partial charge is 0.484 e. The Bertz CT molecular complexity index is 1980. The molecule has 8 nitrogen and oxygen atoms in total. The molecule has 2 amide bonds. The Hall–Kier alpha value is -5.47. The molecule has 55 heavy (non-hydrogen) atoms. The molecular formula is C47H54N2O6. The average molecular weight is 743 g/mol. The van der Waals surface area contributed by atoms with E-state index >= 15 is 0 Å². The first-order valence-electron chi connectivity index (χ1n) is 19.2. The molecule has 5 rings (SSSR count). The molecule has 0 bridgehead atoms. The molecule has 0 fully saturated rings. The number of benzene rings is 5. The maximum absolute atomic E-state index is 14.1. The van der Waals surface area contributed by atoms with E-state index in [1.165, 1.54) is 0 Å². The standard InChI is InChI=1S/C47H54N2O6/c1-32(2)24-42(49-46(53)30-54-41-23-22-37-20-11-12-21-38(37)27-41)44(51)28-39(25-35-16-7-5-8-17-35)43(50)29-40(26-36-18-9-6-10-19-36)48-45(52)31-55-47-33(3)14-13-15-34(47)4/h5-23,27,32,39-40,42-43,50H,24-26,28-31H2,1-4H3,(H,48,52)(H,49,53)/t39-,40+,42+,43+/m1/s1. The van der Waals surface area contributed by atoms with Gasteiger partial charge in [0.1, 0.15) is 11.5 Å². The first-order valence-corrected chi connectivity index (χ1v) is 19.2. The fourth-order valence-corrected chi connectivity index (χ4v) is 7.06. The number of carbonyl (C=O) groups is 3. The second-order valence-electron chi connectivity index (χ2n) is 14.9. The average Bonchev–Trinajstić information content (AvgIpc) is 3.17. The summed E-state index contributed by atoms with van der Waals surface area (Å²) in [5.74, 6) is 0.0693. The Morgan fingerprint density at radius 3 is 1.87 bits per heavy atom. The van der Waals surface area contributed by atoms with Gasteiger partial charge in [-0.15, -0.1) is 0 Å². The fraction of sp³-hybridized carbons (Fsp3) is 0.340. The van der Waals surface area contributed by atoms with Gasteiger partial charge in [0, 0.05) is 12.5 Å². The first kappa shape index (κ1) is 40.7. The number of hydrogen-bond donors (Lipinski definition) is 3. The Balaban J connectivity index is 1.28. The highest BCUT2D eigenvalue weighted by Crippen LogP contribution is 2.25. The van der Waals surface area contributed by atoms with Gasteiger partial charge < -0.3 is 25.2 Å². The van der Waals surface area contributed by atoms with Crippen molar-refractivity contribution >= 4 is 28.4 Å². The van der Waals surface area contributed by atoms with Crippen LogP contribution < -0.4 is 20.1 Å². The molecular weight excluding hydrogens is 689 g/mol. The van der Waals surface area contributed by atoms with Crippen LogP contribution in [0.4, 0.5) is 0 Å². The Morgan fingerprint density at radius 1 is 0.636 bits per heavy atom. The van der Waals surface area contributed by atoms with Crippen molar-refractivity contribution in [2.24, 2.45) is 11.8 Å². The minimum atomic E-state index is -0.940. The number of aliphatic hydroxyl groups excluding tert-OH is 1. The number of ketones is 1. The molecule has 8 heteroatoms. The van der Waals surface area contributed by atoms with Gasteiger partial charge in [-0.25, -0.2) is 0 Å². The van der Waals surface area contributed by atoms with Gasteiger partial charge in [0.2, 0.25) is 0 Å². The zero-order chi connectivity index (χ0) is 39.2. The number of aryl methyl sites for hydroxylation is 2. The van der Waals surface area contributed by atoms with E-state index < -0.39 is 24.1 Å². The molecule has 5 aromatic rings. The molecule has 0 aromatic heterocycles. The van der Waals surface area contributed by atoms with Gasteiger partial charge in [-0.3, -0.25) is 14.4 Å². The highest BCUT2D eigenvalue weighted by atomic mass is 16.5. The topological polar surface area (TPSA) is 114 Å². The first-order chi connectivity index (χ1) is 26.5. The lowest BCUT2D eigenvalue weighted by Gasteiger charge is -2.29. The van der Waals surface area contributed by atoms with E-state index in [-0.39, 0.29) is 49.6 Å². The van der Waals surface area contributed by atoms with Crippen molar-refractivity contribution in [2.75, 3.05) is 13.2 Å². The zero-order valence-electron chi connectivity index (χ0n) is 32.4. The SMILES string of the molecule is Cc1cccc(C)c1OCC(=O)N[C@@H](Cc1ccccc1)C[C@H](O)[C@@H](CC(=O)[C@H](CC(C)C)NC(=O)COc1ccc2ccccc2c1)Cc1ccccc1. The minimum Gasteiger partial charge on any atom is -0.484 e. The third-order valence-corrected chi connectivity index (χ3v) is 9.84. The van der Waals surface area contributed by atoms with E-state index in [0.717, 1.165) is 33.0 Å². The number of Topliss-reactive ketones (excluding diaryl/α,β-unsaturated/α-hetero) is 1. The number of para-hydroxylation sites is 1. The lowest BCUT2D eigenvalue weighted by Crippen LogP contribution is -2.46. The third kappa shape index (κ3) is 12.8. The Morgan fingerprint density at radius 2 is 1.22 bits per heavy atom. The summed E-state index contributed by atoms with van der Waals surface area (Å²) in [5, 5.41) is 20.1. The van der Waals surface area contributed by atoms with Crippen molar-refractivity contribution in [3.63, 3.8) is 0 Å². The lowest BCUT2D eigenvalue weighted by atomic mass is 9.83. The number of hydrogen-bond acceptors (Lipinski definition) is 6. The molecule has 0 heterocycles. The highest BCUT2D eigenvalue weighted by Gasteiger charge is 2.30. The van der Waals surface area contributed by atoms with Crippen LogP contribution in [0, 0.1) is 25.7 Å². The predicted molar refractivity (Wildman–Crippen MR) is 218 cm³/mol. The molecule has 0 spiro atoms. The smallest absolute Gasteiger partial charge is 0.258 e. The molecule has 288 valence electrons. The molecule has 0 saturated heterocycles. The van der Waals surface area contributed by atoms with Crippen LogP contribution in [0.25, 0.3) is 10.8 Å². The summed E-state index contributed by atoms with van der Waals surface area (Å²) in [6.45, 7) is 7.51. The summed E-state index contributed by atoms with van der Waals surface area (Å²) in [6.07, 6.45) is 0.702. The van der Waals surface area contributed by atoms with Crippen LogP contribution in [0.15, 0.2) is 121 Å². The summed E-state index contributed by atoms with van der Waals surface area (Å²) in [6, 6.07) is 37.8. The molecule has 0 radical (unpaired) electrons. The van der Waals surface area contributed by atoms with E-state index in [4.69, 9.17) is 9.47 Å². The van der Waals surface area contributed by atoms with E-state index in [1.54, 1.807) is 0 Å². The summed E-state index contributed by atoms with van der Waals surface area (Å²) in [7, 11) is 0. The van der Waals surface area contributed by atoms with Crippen LogP contribution in [-0.4, -0.2) is 54.1 Å². The van der Waals surface area contributed by atoms with Gasteiger partial charge in [-0.05, 0) is 96.5 Å². The van der Waals surface area contributed by atoms with Crippen molar-refractivity contribution in [3.8, 4) is 11.5 Å². The third-order valence-electron chi connectivity index (χ3n) is 9.84. The zero-order valence-corrected chi connectivity index (χ0v) is 32.4. The van der Waals surface area contributed by atoms with E-state index in [0.29, 0.717) is 30.8 Å². The Labute approximate surface area is 325 Å². The quantitative estimate of drug-likeness (QED) is 0.0752. The molecule has 5 aromatic carbocycles. The molecule has 0 aliphatic rings. The van der Waals surface area contributed by atoms with Crippen molar-refractivity contribution in [3.05, 3.63) is 144 Å². The van der Waals surface area contributed by atoms with Crippen LogP contribution in [0.2, 0.25) is 0 Å². The normalized spacial score (nSPS) is 13.4. The van der Waals surface area contributed by atoms with Gasteiger partial charge in [-0.1, -0.05) is 123 Å². The van der Waals surface area contributed by atoms with E-state index in [1.807, 2.05) is 149 Å².